The summed E-state index contributed by atoms with van der Waals surface area (Å²) in [5, 5.41) is 11.7. The van der Waals surface area contributed by atoms with E-state index in [1.54, 1.807) is 12.2 Å². The van der Waals surface area contributed by atoms with Crippen LogP contribution >= 0.6 is 0 Å². The maximum Gasteiger partial charge on any atom is 0.322 e. The smallest absolute Gasteiger partial charge is 0.322 e. The molecular weight excluding hydrogens is 275 g/mol. The van der Waals surface area contributed by atoms with Gasteiger partial charge in [0.1, 0.15) is 5.82 Å². The molecule has 1 aromatic carbocycles. The van der Waals surface area contributed by atoms with Gasteiger partial charge in [0.15, 0.2) is 0 Å². The highest BCUT2D eigenvalue weighted by Gasteiger charge is 2.26. The lowest BCUT2D eigenvalue weighted by Crippen LogP contribution is -2.44. The number of rotatable bonds is 4. The van der Waals surface area contributed by atoms with Crippen molar-refractivity contribution in [3.05, 3.63) is 42.2 Å². The minimum Gasteiger partial charge on any atom is -0.481 e. The summed E-state index contributed by atoms with van der Waals surface area (Å²) in [5.74, 6) is -1.82. The molecule has 21 heavy (non-hydrogen) atoms. The van der Waals surface area contributed by atoms with Crippen LogP contribution in [0.3, 0.4) is 0 Å². The van der Waals surface area contributed by atoms with E-state index in [0.29, 0.717) is 18.7 Å². The summed E-state index contributed by atoms with van der Waals surface area (Å²) in [6.45, 7) is 2.24. The predicted molar refractivity (Wildman–Crippen MR) is 76.6 cm³/mol. The summed E-state index contributed by atoms with van der Waals surface area (Å²) in [6.07, 6.45) is 3.62. The van der Waals surface area contributed by atoms with E-state index in [1.807, 2.05) is 6.92 Å². The molecule has 0 saturated heterocycles. The maximum atomic E-state index is 12.9. The van der Waals surface area contributed by atoms with Crippen molar-refractivity contribution < 1.29 is 19.1 Å². The number of carboxylic acids is 1. The molecule has 0 saturated carbocycles. The number of anilines is 1. The molecule has 2 amide bonds. The number of urea groups is 1. The van der Waals surface area contributed by atoms with Crippen molar-refractivity contribution >= 4 is 17.7 Å². The predicted octanol–water partition coefficient (Wildman–Crippen LogP) is 2.39. The van der Waals surface area contributed by atoms with Crippen molar-refractivity contribution in [1.29, 1.82) is 0 Å². The SMILES string of the molecule is CCN(C(=O)NC1C=CC(C(=O)O)C1)c1ccc(F)cc1. The zero-order chi connectivity index (χ0) is 15.4. The third-order valence-electron chi connectivity index (χ3n) is 3.41. The van der Waals surface area contributed by atoms with Gasteiger partial charge in [0.2, 0.25) is 0 Å². The second-order valence-corrected chi connectivity index (χ2v) is 4.84. The summed E-state index contributed by atoms with van der Waals surface area (Å²) in [7, 11) is 0. The number of amides is 2. The van der Waals surface area contributed by atoms with Gasteiger partial charge in [0, 0.05) is 12.2 Å². The molecule has 6 heteroatoms. The van der Waals surface area contributed by atoms with Gasteiger partial charge in [-0.15, -0.1) is 0 Å². The van der Waals surface area contributed by atoms with Crippen molar-refractivity contribution in [2.24, 2.45) is 5.92 Å². The van der Waals surface area contributed by atoms with E-state index >= 15 is 0 Å². The Kier molecular flexibility index (Phi) is 4.57. The van der Waals surface area contributed by atoms with Crippen LogP contribution in [0.4, 0.5) is 14.9 Å². The number of nitrogens with one attached hydrogen (secondary N) is 1. The van der Waals surface area contributed by atoms with Gasteiger partial charge in [-0.1, -0.05) is 12.2 Å². The number of hydrogen-bond acceptors (Lipinski definition) is 2. The van der Waals surface area contributed by atoms with Crippen molar-refractivity contribution in [1.82, 2.24) is 5.32 Å². The summed E-state index contributed by atoms with van der Waals surface area (Å²) in [6, 6.07) is 5.02. The summed E-state index contributed by atoms with van der Waals surface area (Å²) >= 11 is 0. The average molecular weight is 292 g/mol. The third kappa shape index (κ3) is 3.59. The van der Waals surface area contributed by atoms with Gasteiger partial charge in [-0.25, -0.2) is 9.18 Å². The number of carboxylic acid groups (broad SMARTS) is 1. The lowest BCUT2D eigenvalue weighted by Gasteiger charge is -2.23. The van der Waals surface area contributed by atoms with Crippen LogP contribution in [0.15, 0.2) is 36.4 Å². The minimum atomic E-state index is -0.895. The molecule has 2 rings (SSSR count). The van der Waals surface area contributed by atoms with Crippen LogP contribution < -0.4 is 10.2 Å². The first-order valence-electron chi connectivity index (χ1n) is 6.76. The van der Waals surface area contributed by atoms with Crippen molar-refractivity contribution in [3.8, 4) is 0 Å². The highest BCUT2D eigenvalue weighted by molar-refractivity contribution is 5.92. The Morgan fingerprint density at radius 1 is 1.33 bits per heavy atom. The van der Waals surface area contributed by atoms with Crippen molar-refractivity contribution in [2.45, 2.75) is 19.4 Å². The molecule has 1 aliphatic rings. The largest absolute Gasteiger partial charge is 0.481 e. The monoisotopic (exact) mass is 292 g/mol. The molecule has 0 aliphatic heterocycles. The Bertz CT molecular complexity index is 557. The summed E-state index contributed by atoms with van der Waals surface area (Å²) in [5.41, 5.74) is 0.591. The van der Waals surface area contributed by atoms with E-state index in [-0.39, 0.29) is 17.9 Å². The average Bonchev–Trinajstić information content (AvgIpc) is 2.90. The second kappa shape index (κ2) is 6.39. The molecule has 1 aliphatic carbocycles. The first-order valence-corrected chi connectivity index (χ1v) is 6.76. The fraction of sp³-hybridized carbons (Fsp3) is 0.333. The standard InChI is InChI=1S/C15H17FN2O3/c1-2-18(13-7-4-11(16)5-8-13)15(21)17-12-6-3-10(9-12)14(19)20/h3-8,10,12H,2,9H2,1H3,(H,17,21)(H,19,20). The van der Waals surface area contributed by atoms with Gasteiger partial charge < -0.3 is 10.4 Å². The fourth-order valence-corrected chi connectivity index (χ4v) is 2.29. The van der Waals surface area contributed by atoms with Crippen LogP contribution in [0.1, 0.15) is 13.3 Å². The van der Waals surface area contributed by atoms with Crippen LogP contribution in [0, 0.1) is 11.7 Å². The minimum absolute atomic E-state index is 0.298. The number of carbonyl (C=O) groups is 2. The Balaban J connectivity index is 2.00. The number of nitrogens with zero attached hydrogens (tertiary/aromatic N) is 1. The van der Waals surface area contributed by atoms with E-state index in [0.717, 1.165) is 0 Å². The highest BCUT2D eigenvalue weighted by atomic mass is 19.1. The first-order chi connectivity index (χ1) is 10.0. The highest BCUT2D eigenvalue weighted by Crippen LogP contribution is 2.19. The molecule has 2 N–H and O–H groups in total. The van der Waals surface area contributed by atoms with Crippen LogP contribution in [-0.2, 0) is 4.79 Å². The first kappa shape index (κ1) is 15.0. The van der Waals surface area contributed by atoms with Crippen molar-refractivity contribution in [3.63, 3.8) is 0 Å². The molecule has 0 aromatic heterocycles. The Morgan fingerprint density at radius 2 is 2.00 bits per heavy atom. The molecule has 2 atom stereocenters. The lowest BCUT2D eigenvalue weighted by atomic mass is 10.1. The van der Waals surface area contributed by atoms with E-state index in [1.165, 1.54) is 29.2 Å². The van der Waals surface area contributed by atoms with E-state index in [9.17, 15) is 14.0 Å². The molecule has 5 nitrogen and oxygen atoms in total. The van der Waals surface area contributed by atoms with Gasteiger partial charge in [-0.2, -0.15) is 0 Å². The number of hydrogen-bond donors (Lipinski definition) is 2. The van der Waals surface area contributed by atoms with Crippen LogP contribution in [-0.4, -0.2) is 29.7 Å². The third-order valence-corrected chi connectivity index (χ3v) is 3.41. The summed E-state index contributed by atoms with van der Waals surface area (Å²) in [4.78, 5) is 24.6. The van der Waals surface area contributed by atoms with Gasteiger partial charge in [0.05, 0.1) is 12.0 Å². The van der Waals surface area contributed by atoms with E-state index in [2.05, 4.69) is 5.32 Å². The number of halogens is 1. The molecule has 2 unspecified atom stereocenters. The molecule has 0 heterocycles. The second-order valence-electron chi connectivity index (χ2n) is 4.84. The Hall–Kier alpha value is -2.37. The van der Waals surface area contributed by atoms with Gasteiger partial charge in [-0.05, 0) is 37.6 Å². The van der Waals surface area contributed by atoms with Crippen LogP contribution in [0.2, 0.25) is 0 Å². The molecule has 0 radical (unpaired) electrons. The molecule has 0 fully saturated rings. The van der Waals surface area contributed by atoms with Crippen LogP contribution in [0.25, 0.3) is 0 Å². The molecule has 0 spiro atoms. The number of benzene rings is 1. The molecule has 112 valence electrons. The summed E-state index contributed by atoms with van der Waals surface area (Å²) < 4.78 is 12.9. The maximum absolute atomic E-state index is 12.9. The van der Waals surface area contributed by atoms with E-state index in [4.69, 9.17) is 5.11 Å². The van der Waals surface area contributed by atoms with Crippen molar-refractivity contribution in [2.75, 3.05) is 11.4 Å². The van der Waals surface area contributed by atoms with Gasteiger partial charge >= 0.3 is 12.0 Å². The zero-order valence-electron chi connectivity index (χ0n) is 11.6. The quantitative estimate of drug-likeness (QED) is 0.837. The molecule has 0 bridgehead atoms. The lowest BCUT2D eigenvalue weighted by molar-refractivity contribution is -0.140. The van der Waals surface area contributed by atoms with E-state index < -0.39 is 11.9 Å². The molecular formula is C15H17FN2O3. The fourth-order valence-electron chi connectivity index (χ4n) is 2.29. The number of carbonyl (C=O) groups excluding carboxylic acids is 1. The Labute approximate surface area is 122 Å². The normalized spacial score (nSPS) is 20.3. The Morgan fingerprint density at radius 3 is 2.52 bits per heavy atom. The van der Waals surface area contributed by atoms with Gasteiger partial charge in [0.25, 0.3) is 0 Å². The zero-order valence-corrected chi connectivity index (χ0v) is 11.6. The van der Waals surface area contributed by atoms with Gasteiger partial charge in [-0.3, -0.25) is 9.69 Å². The number of aliphatic carboxylic acids is 1. The van der Waals surface area contributed by atoms with Crippen LogP contribution in [0.5, 0.6) is 0 Å². The molecule has 1 aromatic rings. The topological polar surface area (TPSA) is 69.6 Å².